The molecule has 0 N–H and O–H groups in total. The van der Waals surface area contributed by atoms with Crippen LogP contribution in [0.25, 0.3) is 0 Å². The van der Waals surface area contributed by atoms with Crippen LogP contribution in [-0.4, -0.2) is 51.7 Å². The highest BCUT2D eigenvalue weighted by molar-refractivity contribution is 6.31. The van der Waals surface area contributed by atoms with Gasteiger partial charge in [-0.2, -0.15) is 5.10 Å². The van der Waals surface area contributed by atoms with Crippen molar-refractivity contribution in [2.75, 3.05) is 26.2 Å². The molecule has 0 bridgehead atoms. The first-order chi connectivity index (χ1) is 11.9. The Kier molecular flexibility index (Phi) is 5.39. The Hall–Kier alpha value is -1.92. The fourth-order valence-corrected chi connectivity index (χ4v) is 3.20. The molecule has 2 heterocycles. The zero-order valence-electron chi connectivity index (χ0n) is 14.5. The maximum absolute atomic E-state index is 13.0. The monoisotopic (exact) mass is 364 g/mol. The predicted molar refractivity (Wildman–Crippen MR) is 95.0 cm³/mol. The van der Waals surface area contributed by atoms with Gasteiger partial charge in [0.25, 0.3) is 0 Å². The van der Waals surface area contributed by atoms with Crippen molar-refractivity contribution in [2.45, 2.75) is 26.9 Å². The van der Waals surface area contributed by atoms with E-state index in [1.807, 2.05) is 18.7 Å². The molecule has 1 aliphatic heterocycles. The molecule has 0 aliphatic carbocycles. The third-order valence-electron chi connectivity index (χ3n) is 4.62. The number of carbonyl (C=O) groups is 1. The zero-order valence-corrected chi connectivity index (χ0v) is 15.3. The molecule has 0 atom stereocenters. The first-order valence-electron chi connectivity index (χ1n) is 8.38. The fraction of sp³-hybridized carbons (Fsp3) is 0.444. The van der Waals surface area contributed by atoms with Crippen molar-refractivity contribution in [2.24, 2.45) is 0 Å². The molecule has 25 heavy (non-hydrogen) atoms. The lowest BCUT2D eigenvalue weighted by molar-refractivity contribution is -0.133. The van der Waals surface area contributed by atoms with Crippen LogP contribution in [0.3, 0.4) is 0 Å². The summed E-state index contributed by atoms with van der Waals surface area (Å²) in [6.45, 7) is 7.69. The van der Waals surface area contributed by atoms with Gasteiger partial charge in [0.15, 0.2) is 0 Å². The van der Waals surface area contributed by atoms with Crippen LogP contribution >= 0.6 is 11.6 Å². The Morgan fingerprint density at radius 2 is 1.80 bits per heavy atom. The Balaban J connectivity index is 1.52. The molecular formula is C18H22ClFN4O. The van der Waals surface area contributed by atoms with Crippen LogP contribution in [0.5, 0.6) is 0 Å². The summed E-state index contributed by atoms with van der Waals surface area (Å²) in [5.41, 5.74) is 2.65. The van der Waals surface area contributed by atoms with E-state index >= 15 is 0 Å². The number of benzene rings is 1. The minimum Gasteiger partial charge on any atom is -0.339 e. The average Bonchev–Trinajstić information content (AvgIpc) is 2.84. The van der Waals surface area contributed by atoms with Gasteiger partial charge >= 0.3 is 0 Å². The smallest absolute Gasteiger partial charge is 0.244 e. The van der Waals surface area contributed by atoms with Crippen molar-refractivity contribution < 1.29 is 9.18 Å². The molecule has 1 fully saturated rings. The second-order valence-corrected chi connectivity index (χ2v) is 6.80. The number of piperazine rings is 1. The number of carbonyl (C=O) groups excluding carboxylic acids is 1. The summed E-state index contributed by atoms with van der Waals surface area (Å²) in [5.74, 6) is -0.160. The van der Waals surface area contributed by atoms with Gasteiger partial charge in [0.1, 0.15) is 12.4 Å². The lowest BCUT2D eigenvalue weighted by atomic mass is 10.2. The first-order valence-corrected chi connectivity index (χ1v) is 8.76. The number of rotatable bonds is 4. The Morgan fingerprint density at radius 1 is 1.16 bits per heavy atom. The predicted octanol–water partition coefficient (Wildman–Crippen LogP) is 2.64. The molecular weight excluding hydrogens is 343 g/mol. The molecule has 0 unspecified atom stereocenters. The largest absolute Gasteiger partial charge is 0.339 e. The second-order valence-electron chi connectivity index (χ2n) is 6.43. The van der Waals surface area contributed by atoms with Gasteiger partial charge in [-0.05, 0) is 31.5 Å². The van der Waals surface area contributed by atoms with E-state index in [0.29, 0.717) is 18.1 Å². The summed E-state index contributed by atoms with van der Waals surface area (Å²) in [7, 11) is 0. The normalized spacial score (nSPS) is 15.6. The summed E-state index contributed by atoms with van der Waals surface area (Å²) in [5, 5.41) is 4.94. The van der Waals surface area contributed by atoms with Gasteiger partial charge < -0.3 is 4.90 Å². The number of hydrogen-bond acceptors (Lipinski definition) is 3. The van der Waals surface area contributed by atoms with Gasteiger partial charge in [-0.25, -0.2) is 4.39 Å². The number of aryl methyl sites for hydroxylation is 1. The highest BCUT2D eigenvalue weighted by Crippen LogP contribution is 2.19. The van der Waals surface area contributed by atoms with Crippen LogP contribution in [0.1, 0.15) is 17.0 Å². The summed E-state index contributed by atoms with van der Waals surface area (Å²) in [6.07, 6.45) is 0. The molecule has 1 aromatic carbocycles. The first kappa shape index (κ1) is 17.9. The number of nitrogens with zero attached hydrogens (tertiary/aromatic N) is 4. The molecule has 1 saturated heterocycles. The number of halogens is 2. The van der Waals surface area contributed by atoms with Crippen LogP contribution in [0, 0.1) is 19.7 Å². The molecule has 3 rings (SSSR count). The molecule has 0 saturated carbocycles. The van der Waals surface area contributed by atoms with E-state index in [9.17, 15) is 9.18 Å². The van der Waals surface area contributed by atoms with E-state index in [1.165, 1.54) is 12.1 Å². The number of amides is 1. The lowest BCUT2D eigenvalue weighted by Crippen LogP contribution is -2.49. The van der Waals surface area contributed by atoms with E-state index in [-0.39, 0.29) is 18.3 Å². The van der Waals surface area contributed by atoms with Gasteiger partial charge in [0.05, 0.1) is 16.4 Å². The van der Waals surface area contributed by atoms with Gasteiger partial charge in [-0.1, -0.05) is 23.7 Å². The van der Waals surface area contributed by atoms with Gasteiger partial charge in [0.2, 0.25) is 5.91 Å². The van der Waals surface area contributed by atoms with Gasteiger partial charge in [-0.15, -0.1) is 0 Å². The second kappa shape index (κ2) is 7.54. The summed E-state index contributed by atoms with van der Waals surface area (Å²) >= 11 is 6.14. The molecule has 7 heteroatoms. The van der Waals surface area contributed by atoms with E-state index in [2.05, 4.69) is 10.00 Å². The maximum Gasteiger partial charge on any atom is 0.244 e. The standard InChI is InChI=1S/C18H22ClFN4O/c1-13-18(19)14(2)24(21-13)12-17(25)23-9-7-22(8-10-23)11-15-3-5-16(20)6-4-15/h3-6H,7-12H2,1-2H3. The van der Waals surface area contributed by atoms with Crippen molar-refractivity contribution in [3.05, 3.63) is 52.1 Å². The van der Waals surface area contributed by atoms with E-state index in [0.717, 1.165) is 36.6 Å². The van der Waals surface area contributed by atoms with Crippen LogP contribution in [-0.2, 0) is 17.9 Å². The molecule has 5 nitrogen and oxygen atoms in total. The highest BCUT2D eigenvalue weighted by Gasteiger charge is 2.22. The Bertz CT molecular complexity index is 751. The van der Waals surface area contributed by atoms with Crippen molar-refractivity contribution in [1.82, 2.24) is 19.6 Å². The van der Waals surface area contributed by atoms with Crippen molar-refractivity contribution >= 4 is 17.5 Å². The van der Waals surface area contributed by atoms with Crippen molar-refractivity contribution in [3.63, 3.8) is 0 Å². The van der Waals surface area contributed by atoms with Crippen LogP contribution < -0.4 is 0 Å². The molecule has 0 spiro atoms. The third kappa shape index (κ3) is 4.19. The van der Waals surface area contributed by atoms with E-state index < -0.39 is 0 Å². The third-order valence-corrected chi connectivity index (χ3v) is 5.17. The molecule has 2 aromatic rings. The molecule has 0 radical (unpaired) electrons. The van der Waals surface area contributed by atoms with E-state index in [1.54, 1.807) is 16.8 Å². The van der Waals surface area contributed by atoms with Gasteiger partial charge in [0, 0.05) is 32.7 Å². The minimum atomic E-state index is -0.219. The van der Waals surface area contributed by atoms with Crippen molar-refractivity contribution in [1.29, 1.82) is 0 Å². The van der Waals surface area contributed by atoms with Crippen LogP contribution in [0.15, 0.2) is 24.3 Å². The summed E-state index contributed by atoms with van der Waals surface area (Å²) in [4.78, 5) is 16.6. The highest BCUT2D eigenvalue weighted by atomic mass is 35.5. The Morgan fingerprint density at radius 3 is 2.36 bits per heavy atom. The topological polar surface area (TPSA) is 41.4 Å². The molecule has 134 valence electrons. The lowest BCUT2D eigenvalue weighted by Gasteiger charge is -2.34. The van der Waals surface area contributed by atoms with Crippen molar-refractivity contribution in [3.8, 4) is 0 Å². The number of aromatic nitrogens is 2. The molecule has 1 aliphatic rings. The SMILES string of the molecule is Cc1nn(CC(=O)N2CCN(Cc3ccc(F)cc3)CC2)c(C)c1Cl. The van der Waals surface area contributed by atoms with E-state index in [4.69, 9.17) is 11.6 Å². The summed E-state index contributed by atoms with van der Waals surface area (Å²) in [6, 6.07) is 6.57. The number of hydrogen-bond donors (Lipinski definition) is 0. The Labute approximate surface area is 152 Å². The zero-order chi connectivity index (χ0) is 18.0. The fourth-order valence-electron chi connectivity index (χ4n) is 3.06. The average molecular weight is 365 g/mol. The molecule has 1 amide bonds. The maximum atomic E-state index is 13.0. The quantitative estimate of drug-likeness (QED) is 0.837. The van der Waals surface area contributed by atoms with Gasteiger partial charge in [-0.3, -0.25) is 14.4 Å². The molecule has 1 aromatic heterocycles. The van der Waals surface area contributed by atoms with Crippen LogP contribution in [0.2, 0.25) is 5.02 Å². The van der Waals surface area contributed by atoms with Crippen LogP contribution in [0.4, 0.5) is 4.39 Å². The summed E-state index contributed by atoms with van der Waals surface area (Å²) < 4.78 is 14.6. The minimum absolute atomic E-state index is 0.0590.